The van der Waals surface area contributed by atoms with Crippen molar-refractivity contribution >= 4 is 29.1 Å². The standard InChI is InChI=1S/C38H45N7O5/c1-23(2)32(43-36(47)49-6)35(46)44-19-7-9-30(44)33-39-22-27(40-33)17-13-24-11-14-25(15-12-24)26-16-18-28-29(21-26)42-34(41-28)31-10-8-20-45(31)37(48)50-38(3,4)5/h11-12,14-16,18,21-23,30-32H,7-10,19-20H2,1-6H3,(H,39,40)(H,41,42)(H,43,47)/t30-,31-,32-/m0/s1. The second-order valence-electron chi connectivity index (χ2n) is 14.2. The number of benzene rings is 2. The smallest absolute Gasteiger partial charge is 0.410 e. The van der Waals surface area contributed by atoms with E-state index in [0.717, 1.165) is 59.2 Å². The number of methoxy groups -OCH3 is 1. The Kier molecular flexibility index (Phi) is 9.86. The maximum atomic E-state index is 13.4. The zero-order valence-corrected chi connectivity index (χ0v) is 29.5. The van der Waals surface area contributed by atoms with Crippen molar-refractivity contribution in [2.45, 2.75) is 84.0 Å². The molecule has 2 aliphatic rings. The number of nitrogens with zero attached hydrogens (tertiary/aromatic N) is 4. The van der Waals surface area contributed by atoms with Gasteiger partial charge >= 0.3 is 12.2 Å². The van der Waals surface area contributed by atoms with Gasteiger partial charge < -0.3 is 29.7 Å². The molecule has 2 aromatic heterocycles. The maximum Gasteiger partial charge on any atom is 0.410 e. The first-order valence-electron chi connectivity index (χ1n) is 17.2. The minimum Gasteiger partial charge on any atom is -0.453 e. The zero-order chi connectivity index (χ0) is 35.6. The van der Waals surface area contributed by atoms with E-state index in [2.05, 4.69) is 38.2 Å². The molecule has 2 aromatic carbocycles. The van der Waals surface area contributed by atoms with Crippen LogP contribution in [0.25, 0.3) is 22.2 Å². The van der Waals surface area contributed by atoms with Gasteiger partial charge in [0.1, 0.15) is 29.0 Å². The van der Waals surface area contributed by atoms with Crippen LogP contribution in [-0.4, -0.2) is 79.7 Å². The van der Waals surface area contributed by atoms with Crippen molar-refractivity contribution in [2.75, 3.05) is 20.2 Å². The molecule has 12 nitrogen and oxygen atoms in total. The number of carbonyl (C=O) groups excluding carboxylic acids is 3. The molecule has 3 atom stereocenters. The number of aromatic nitrogens is 4. The highest BCUT2D eigenvalue weighted by atomic mass is 16.6. The van der Waals surface area contributed by atoms with Crippen LogP contribution in [0.1, 0.15) is 95.3 Å². The van der Waals surface area contributed by atoms with Gasteiger partial charge in [-0.2, -0.15) is 0 Å². The monoisotopic (exact) mass is 679 g/mol. The van der Waals surface area contributed by atoms with Gasteiger partial charge in [-0.15, -0.1) is 0 Å². The Balaban J connectivity index is 1.12. The molecule has 2 aliphatic heterocycles. The molecule has 4 aromatic rings. The number of fused-ring (bicyclic) bond motifs is 1. The summed E-state index contributed by atoms with van der Waals surface area (Å²) in [6.07, 6.45) is 4.11. The van der Waals surface area contributed by atoms with Crippen molar-refractivity contribution < 1.29 is 23.9 Å². The Morgan fingerprint density at radius 3 is 2.28 bits per heavy atom. The van der Waals surface area contributed by atoms with Gasteiger partial charge in [0.25, 0.3) is 0 Å². The summed E-state index contributed by atoms with van der Waals surface area (Å²) in [4.78, 5) is 57.8. The van der Waals surface area contributed by atoms with Crippen LogP contribution < -0.4 is 5.32 Å². The Morgan fingerprint density at radius 1 is 0.920 bits per heavy atom. The second-order valence-corrected chi connectivity index (χ2v) is 14.2. The number of carbonyl (C=O) groups is 3. The SMILES string of the molecule is COC(=O)N[C@H](C(=O)N1CCC[C@H]1c1ncc(C#Cc2ccc(-c3ccc4nc([C@@H]5CCCN5C(=O)OC(C)(C)C)[nH]c4c3)cc2)[nH]1)C(C)C. The molecule has 12 heteroatoms. The Bertz CT molecular complexity index is 1930. The molecule has 0 spiro atoms. The molecule has 262 valence electrons. The molecule has 3 amide bonds. The lowest BCUT2D eigenvalue weighted by Crippen LogP contribution is -2.51. The molecule has 2 fully saturated rings. The lowest BCUT2D eigenvalue weighted by molar-refractivity contribution is -0.135. The summed E-state index contributed by atoms with van der Waals surface area (Å²) in [6, 6.07) is 13.1. The van der Waals surface area contributed by atoms with E-state index in [1.54, 1.807) is 16.0 Å². The van der Waals surface area contributed by atoms with Gasteiger partial charge in [-0.3, -0.25) is 9.69 Å². The minimum atomic E-state index is -0.687. The molecule has 0 bridgehead atoms. The normalized spacial score (nSPS) is 18.2. The number of likely N-dealkylation sites (tertiary alicyclic amines) is 2. The van der Waals surface area contributed by atoms with E-state index in [-0.39, 0.29) is 30.0 Å². The van der Waals surface area contributed by atoms with Crippen LogP contribution in [0, 0.1) is 17.8 Å². The van der Waals surface area contributed by atoms with Crippen LogP contribution >= 0.6 is 0 Å². The summed E-state index contributed by atoms with van der Waals surface area (Å²) < 4.78 is 10.4. The quantitative estimate of drug-likeness (QED) is 0.198. The summed E-state index contributed by atoms with van der Waals surface area (Å²) in [7, 11) is 1.29. The van der Waals surface area contributed by atoms with E-state index in [0.29, 0.717) is 24.6 Å². The van der Waals surface area contributed by atoms with Crippen LogP contribution in [0.5, 0.6) is 0 Å². The maximum absolute atomic E-state index is 13.4. The van der Waals surface area contributed by atoms with E-state index in [1.165, 1.54) is 7.11 Å². The molecule has 4 heterocycles. The van der Waals surface area contributed by atoms with Gasteiger partial charge in [0.2, 0.25) is 5.91 Å². The van der Waals surface area contributed by atoms with Crippen molar-refractivity contribution in [1.82, 2.24) is 35.1 Å². The van der Waals surface area contributed by atoms with Gasteiger partial charge in [-0.25, -0.2) is 19.6 Å². The van der Waals surface area contributed by atoms with E-state index in [9.17, 15) is 14.4 Å². The first kappa shape index (κ1) is 34.5. The van der Waals surface area contributed by atoms with E-state index >= 15 is 0 Å². The first-order valence-corrected chi connectivity index (χ1v) is 17.2. The fraction of sp³-hybridized carbons (Fsp3) is 0.447. The number of nitrogens with one attached hydrogen (secondary N) is 3. The number of imidazole rings is 2. The van der Waals surface area contributed by atoms with Crippen molar-refractivity contribution in [1.29, 1.82) is 0 Å². The van der Waals surface area contributed by atoms with Gasteiger partial charge in [-0.05, 0) is 93.7 Å². The zero-order valence-electron chi connectivity index (χ0n) is 29.5. The second kappa shape index (κ2) is 14.3. The van der Waals surface area contributed by atoms with Crippen molar-refractivity contribution in [2.24, 2.45) is 5.92 Å². The average Bonchev–Trinajstić information content (AvgIpc) is 3.90. The van der Waals surface area contributed by atoms with Crippen LogP contribution in [-0.2, 0) is 14.3 Å². The van der Waals surface area contributed by atoms with Crippen molar-refractivity contribution in [3.63, 3.8) is 0 Å². The van der Waals surface area contributed by atoms with Crippen LogP contribution in [0.15, 0.2) is 48.7 Å². The fourth-order valence-electron chi connectivity index (χ4n) is 6.60. The highest BCUT2D eigenvalue weighted by Gasteiger charge is 2.38. The molecular weight excluding hydrogens is 634 g/mol. The number of rotatable bonds is 6. The van der Waals surface area contributed by atoms with Crippen LogP contribution in [0.2, 0.25) is 0 Å². The van der Waals surface area contributed by atoms with E-state index < -0.39 is 17.7 Å². The van der Waals surface area contributed by atoms with Crippen molar-refractivity contribution in [3.05, 3.63) is 71.6 Å². The molecule has 50 heavy (non-hydrogen) atoms. The molecule has 0 saturated carbocycles. The molecule has 3 N–H and O–H groups in total. The summed E-state index contributed by atoms with van der Waals surface area (Å²) in [5, 5.41) is 2.68. The number of hydrogen-bond donors (Lipinski definition) is 3. The summed E-state index contributed by atoms with van der Waals surface area (Å²) in [5.41, 5.74) is 4.80. The van der Waals surface area contributed by atoms with Crippen LogP contribution in [0.4, 0.5) is 9.59 Å². The third kappa shape index (κ3) is 7.62. The van der Waals surface area contributed by atoms with Crippen molar-refractivity contribution in [3.8, 4) is 23.0 Å². The van der Waals surface area contributed by atoms with Gasteiger partial charge in [-0.1, -0.05) is 38.0 Å². The molecule has 2 saturated heterocycles. The number of ether oxygens (including phenoxy) is 2. The molecule has 0 radical (unpaired) electrons. The number of alkyl carbamates (subject to hydrolysis) is 1. The van der Waals surface area contributed by atoms with Crippen LogP contribution in [0.3, 0.4) is 0 Å². The topological polar surface area (TPSA) is 146 Å². The number of amides is 3. The molecule has 0 unspecified atom stereocenters. The average molecular weight is 680 g/mol. The first-order chi connectivity index (χ1) is 23.9. The van der Waals surface area contributed by atoms with E-state index in [1.807, 2.05) is 71.0 Å². The molecular formula is C38H45N7O5. The van der Waals surface area contributed by atoms with Gasteiger partial charge in [0.15, 0.2) is 0 Å². The predicted octanol–water partition coefficient (Wildman–Crippen LogP) is 6.47. The predicted molar refractivity (Wildman–Crippen MR) is 189 cm³/mol. The lowest BCUT2D eigenvalue weighted by atomic mass is 10.0. The Morgan fingerprint density at radius 2 is 1.60 bits per heavy atom. The number of hydrogen-bond acceptors (Lipinski definition) is 7. The number of H-pyrrole nitrogens is 2. The van der Waals surface area contributed by atoms with E-state index in [4.69, 9.17) is 14.5 Å². The summed E-state index contributed by atoms with van der Waals surface area (Å²) >= 11 is 0. The molecule has 6 rings (SSSR count). The number of aromatic amines is 2. The summed E-state index contributed by atoms with van der Waals surface area (Å²) in [6.45, 7) is 10.7. The molecule has 0 aliphatic carbocycles. The highest BCUT2D eigenvalue weighted by Crippen LogP contribution is 2.34. The summed E-state index contributed by atoms with van der Waals surface area (Å²) in [5.74, 6) is 7.57. The minimum absolute atomic E-state index is 0.103. The largest absolute Gasteiger partial charge is 0.453 e. The van der Waals surface area contributed by atoms with Gasteiger partial charge in [0, 0.05) is 18.7 Å². The third-order valence-electron chi connectivity index (χ3n) is 9.09. The van der Waals surface area contributed by atoms with Gasteiger partial charge in [0.05, 0.1) is 36.4 Å². The third-order valence-corrected chi connectivity index (χ3v) is 9.09. The Labute approximate surface area is 292 Å². The fourth-order valence-corrected chi connectivity index (χ4v) is 6.60. The Hall–Kier alpha value is -5.31. The highest BCUT2D eigenvalue weighted by molar-refractivity contribution is 5.86. The lowest BCUT2D eigenvalue weighted by Gasteiger charge is -2.29.